The summed E-state index contributed by atoms with van der Waals surface area (Å²) >= 11 is 0. The smallest absolute Gasteiger partial charge is 0.0622 e. The number of hydrogen-bond donors (Lipinski definition) is 1. The van der Waals surface area contributed by atoms with Crippen LogP contribution in [0.1, 0.15) is 47.5 Å². The second-order valence-electron chi connectivity index (χ2n) is 4.37. The Balaban J connectivity index is 3.82. The molecular weight excluding hydrogens is 174 g/mol. The fraction of sp³-hybridized carbons (Fsp3) is 1.00. The van der Waals surface area contributed by atoms with Crippen LogP contribution in [0.5, 0.6) is 0 Å². The summed E-state index contributed by atoms with van der Waals surface area (Å²) in [4.78, 5) is 0. The minimum absolute atomic E-state index is 0.497. The zero-order valence-electron chi connectivity index (χ0n) is 10.5. The van der Waals surface area contributed by atoms with Crippen molar-refractivity contribution in [1.29, 1.82) is 0 Å². The molecule has 0 aromatic carbocycles. The van der Waals surface area contributed by atoms with Crippen molar-refractivity contribution in [2.45, 2.75) is 59.5 Å². The van der Waals surface area contributed by atoms with Crippen LogP contribution >= 0.6 is 0 Å². The number of nitrogens with one attached hydrogen (secondary N) is 1. The van der Waals surface area contributed by atoms with E-state index in [-0.39, 0.29) is 0 Å². The predicted molar refractivity (Wildman–Crippen MR) is 62.6 cm³/mol. The van der Waals surface area contributed by atoms with Gasteiger partial charge in [0.05, 0.1) is 6.61 Å². The van der Waals surface area contributed by atoms with E-state index in [0.29, 0.717) is 18.0 Å². The fourth-order valence-corrected chi connectivity index (χ4v) is 1.56. The first kappa shape index (κ1) is 13.9. The molecule has 0 amide bonds. The summed E-state index contributed by atoms with van der Waals surface area (Å²) in [6, 6.07) is 1.10. The van der Waals surface area contributed by atoms with Gasteiger partial charge in [-0.1, -0.05) is 27.2 Å². The van der Waals surface area contributed by atoms with Gasteiger partial charge in [0.1, 0.15) is 0 Å². The van der Waals surface area contributed by atoms with Gasteiger partial charge in [-0.2, -0.15) is 0 Å². The third-order valence-electron chi connectivity index (χ3n) is 2.53. The SMILES string of the molecule is CCCC(C)NC(COCC)C(C)C. The maximum atomic E-state index is 5.47. The van der Waals surface area contributed by atoms with E-state index in [1.807, 2.05) is 6.92 Å². The lowest BCUT2D eigenvalue weighted by atomic mass is 10.0. The van der Waals surface area contributed by atoms with Gasteiger partial charge in [0.25, 0.3) is 0 Å². The second-order valence-corrected chi connectivity index (χ2v) is 4.37. The van der Waals surface area contributed by atoms with E-state index in [2.05, 4.69) is 33.0 Å². The molecule has 2 heteroatoms. The normalized spacial score (nSPS) is 15.9. The van der Waals surface area contributed by atoms with Crippen molar-refractivity contribution < 1.29 is 4.74 Å². The molecule has 14 heavy (non-hydrogen) atoms. The van der Waals surface area contributed by atoms with Crippen LogP contribution in [0.4, 0.5) is 0 Å². The summed E-state index contributed by atoms with van der Waals surface area (Å²) in [6.07, 6.45) is 2.49. The van der Waals surface area contributed by atoms with Crippen LogP contribution in [0.3, 0.4) is 0 Å². The average molecular weight is 201 g/mol. The molecule has 0 saturated carbocycles. The van der Waals surface area contributed by atoms with Gasteiger partial charge >= 0.3 is 0 Å². The first-order valence-electron chi connectivity index (χ1n) is 5.95. The molecule has 0 fully saturated rings. The van der Waals surface area contributed by atoms with E-state index >= 15 is 0 Å². The Kier molecular flexibility index (Phi) is 8.20. The molecule has 0 aromatic heterocycles. The first-order valence-corrected chi connectivity index (χ1v) is 5.95. The van der Waals surface area contributed by atoms with Crippen LogP contribution in [0.15, 0.2) is 0 Å². The van der Waals surface area contributed by atoms with Crippen LogP contribution in [-0.4, -0.2) is 25.3 Å². The standard InChI is InChI=1S/C12H27NO/c1-6-8-11(5)13-12(10(3)4)9-14-7-2/h10-13H,6-9H2,1-5H3. The highest BCUT2D eigenvalue weighted by molar-refractivity contribution is 4.73. The van der Waals surface area contributed by atoms with Gasteiger partial charge in [0, 0.05) is 18.7 Å². The molecule has 0 rings (SSSR count). The molecule has 2 atom stereocenters. The Morgan fingerprint density at radius 3 is 2.21 bits per heavy atom. The van der Waals surface area contributed by atoms with Crippen LogP contribution in [0.2, 0.25) is 0 Å². The van der Waals surface area contributed by atoms with Crippen molar-refractivity contribution >= 4 is 0 Å². The van der Waals surface area contributed by atoms with Crippen LogP contribution in [0.25, 0.3) is 0 Å². The molecule has 2 unspecified atom stereocenters. The van der Waals surface area contributed by atoms with Crippen LogP contribution in [0, 0.1) is 5.92 Å². The lowest BCUT2D eigenvalue weighted by Crippen LogP contribution is -2.43. The first-order chi connectivity index (χ1) is 6.61. The fourth-order valence-electron chi connectivity index (χ4n) is 1.56. The van der Waals surface area contributed by atoms with Gasteiger partial charge in [-0.3, -0.25) is 0 Å². The summed E-state index contributed by atoms with van der Waals surface area (Å²) < 4.78 is 5.47. The summed E-state index contributed by atoms with van der Waals surface area (Å²) in [5.41, 5.74) is 0. The van der Waals surface area contributed by atoms with E-state index in [1.54, 1.807) is 0 Å². The molecule has 0 spiro atoms. The Morgan fingerprint density at radius 1 is 1.14 bits per heavy atom. The van der Waals surface area contributed by atoms with Crippen molar-refractivity contribution in [1.82, 2.24) is 5.32 Å². The van der Waals surface area contributed by atoms with E-state index in [1.165, 1.54) is 12.8 Å². The molecule has 0 aliphatic heterocycles. The minimum Gasteiger partial charge on any atom is -0.380 e. The van der Waals surface area contributed by atoms with Gasteiger partial charge in [-0.15, -0.1) is 0 Å². The lowest BCUT2D eigenvalue weighted by molar-refractivity contribution is 0.104. The zero-order chi connectivity index (χ0) is 11.0. The topological polar surface area (TPSA) is 21.3 Å². The molecule has 0 aliphatic rings. The number of ether oxygens (including phenoxy) is 1. The molecule has 0 saturated heterocycles. The average Bonchev–Trinajstić information content (AvgIpc) is 2.12. The van der Waals surface area contributed by atoms with E-state index < -0.39 is 0 Å². The van der Waals surface area contributed by atoms with Crippen LogP contribution in [-0.2, 0) is 4.74 Å². The minimum atomic E-state index is 0.497. The molecule has 0 aliphatic carbocycles. The molecule has 1 N–H and O–H groups in total. The predicted octanol–water partition coefficient (Wildman–Crippen LogP) is 2.83. The second kappa shape index (κ2) is 8.25. The Morgan fingerprint density at radius 2 is 1.79 bits per heavy atom. The van der Waals surface area contributed by atoms with Gasteiger partial charge in [0.2, 0.25) is 0 Å². The quantitative estimate of drug-likeness (QED) is 0.652. The maximum absolute atomic E-state index is 5.47. The number of rotatable bonds is 8. The highest BCUT2D eigenvalue weighted by Gasteiger charge is 2.15. The van der Waals surface area contributed by atoms with Crippen molar-refractivity contribution in [3.8, 4) is 0 Å². The Bertz CT molecular complexity index is 125. The summed E-state index contributed by atoms with van der Waals surface area (Å²) in [5, 5.41) is 3.63. The maximum Gasteiger partial charge on any atom is 0.0622 e. The molecule has 0 radical (unpaired) electrons. The molecule has 2 nitrogen and oxygen atoms in total. The highest BCUT2D eigenvalue weighted by atomic mass is 16.5. The molecule has 86 valence electrons. The summed E-state index contributed by atoms with van der Waals surface area (Å²) in [7, 11) is 0. The molecule has 0 heterocycles. The van der Waals surface area contributed by atoms with Gasteiger partial charge in [-0.25, -0.2) is 0 Å². The third kappa shape index (κ3) is 6.39. The van der Waals surface area contributed by atoms with E-state index in [0.717, 1.165) is 13.2 Å². The van der Waals surface area contributed by atoms with Gasteiger partial charge < -0.3 is 10.1 Å². The van der Waals surface area contributed by atoms with Gasteiger partial charge in [-0.05, 0) is 26.2 Å². The molecular formula is C12H27NO. The lowest BCUT2D eigenvalue weighted by Gasteiger charge is -2.26. The Hall–Kier alpha value is -0.0800. The molecule has 0 bridgehead atoms. The number of hydrogen-bond acceptors (Lipinski definition) is 2. The van der Waals surface area contributed by atoms with Crippen molar-refractivity contribution in [3.63, 3.8) is 0 Å². The zero-order valence-corrected chi connectivity index (χ0v) is 10.5. The third-order valence-corrected chi connectivity index (χ3v) is 2.53. The van der Waals surface area contributed by atoms with E-state index in [4.69, 9.17) is 4.74 Å². The van der Waals surface area contributed by atoms with Gasteiger partial charge in [0.15, 0.2) is 0 Å². The van der Waals surface area contributed by atoms with E-state index in [9.17, 15) is 0 Å². The van der Waals surface area contributed by atoms with Crippen molar-refractivity contribution in [3.05, 3.63) is 0 Å². The van der Waals surface area contributed by atoms with Crippen molar-refractivity contribution in [2.75, 3.05) is 13.2 Å². The summed E-state index contributed by atoms with van der Waals surface area (Å²) in [6.45, 7) is 12.7. The van der Waals surface area contributed by atoms with Crippen molar-refractivity contribution in [2.24, 2.45) is 5.92 Å². The Labute approximate surface area is 89.4 Å². The summed E-state index contributed by atoms with van der Waals surface area (Å²) in [5.74, 6) is 0.640. The monoisotopic (exact) mass is 201 g/mol. The largest absolute Gasteiger partial charge is 0.380 e. The van der Waals surface area contributed by atoms with Crippen LogP contribution < -0.4 is 5.32 Å². The highest BCUT2D eigenvalue weighted by Crippen LogP contribution is 2.05. The molecule has 0 aromatic rings.